The number of nitrogens with zero attached hydrogens (tertiary/aromatic N) is 1. The van der Waals surface area contributed by atoms with Gasteiger partial charge in [0.1, 0.15) is 29.6 Å². The predicted octanol–water partition coefficient (Wildman–Crippen LogP) is 5.41. The first-order valence-electron chi connectivity index (χ1n) is 12.2. The Kier molecular flexibility index (Phi) is 9.28. The highest BCUT2D eigenvalue weighted by molar-refractivity contribution is 5.91. The number of carbonyl (C=O) groups is 2. The Hall–Kier alpha value is -5.11. The minimum Gasteiger partial charge on any atom is -0.497 e. The third-order valence-electron chi connectivity index (χ3n) is 5.54. The molecule has 1 N–H and O–H groups in total. The molecule has 0 fully saturated rings. The van der Waals surface area contributed by atoms with Crippen LogP contribution in [0.15, 0.2) is 108 Å². The lowest BCUT2D eigenvalue weighted by Crippen LogP contribution is -2.33. The maximum atomic E-state index is 12.4. The molecule has 0 heterocycles. The first-order valence-corrected chi connectivity index (χ1v) is 12.2. The third-order valence-corrected chi connectivity index (χ3v) is 5.54. The zero-order valence-electron chi connectivity index (χ0n) is 21.6. The number of ether oxygens (including phenoxy) is 4. The van der Waals surface area contributed by atoms with E-state index in [2.05, 4.69) is 10.5 Å². The fraction of sp³-hybridized carbons (Fsp3) is 0.129. The van der Waals surface area contributed by atoms with E-state index in [9.17, 15) is 9.59 Å². The number of hydrogen-bond acceptors (Lipinski definition) is 7. The molecule has 0 spiro atoms. The molecule has 8 nitrogen and oxygen atoms in total. The number of nitrogens with one attached hydrogen (secondary N) is 1. The second-order valence-electron chi connectivity index (χ2n) is 8.43. The van der Waals surface area contributed by atoms with Gasteiger partial charge in [-0.2, -0.15) is 5.10 Å². The molecule has 4 aromatic carbocycles. The van der Waals surface area contributed by atoms with Crippen LogP contribution in [0.1, 0.15) is 28.4 Å². The van der Waals surface area contributed by atoms with Gasteiger partial charge in [-0.15, -0.1) is 0 Å². The molecule has 4 aromatic rings. The van der Waals surface area contributed by atoms with Crippen molar-refractivity contribution in [3.63, 3.8) is 0 Å². The van der Waals surface area contributed by atoms with E-state index >= 15 is 0 Å². The van der Waals surface area contributed by atoms with E-state index in [0.717, 1.165) is 5.56 Å². The minimum atomic E-state index is -0.782. The van der Waals surface area contributed by atoms with E-state index in [1.165, 1.54) is 6.21 Å². The van der Waals surface area contributed by atoms with Gasteiger partial charge in [-0.25, -0.2) is 10.2 Å². The maximum Gasteiger partial charge on any atom is 0.343 e. The lowest BCUT2D eigenvalue weighted by Gasteiger charge is -2.13. The summed E-state index contributed by atoms with van der Waals surface area (Å²) < 4.78 is 22.0. The van der Waals surface area contributed by atoms with E-state index in [0.29, 0.717) is 40.7 Å². The summed E-state index contributed by atoms with van der Waals surface area (Å²) in [5.41, 5.74) is 4.56. The summed E-state index contributed by atoms with van der Waals surface area (Å²) in [6, 6.07) is 30.3. The summed E-state index contributed by atoms with van der Waals surface area (Å²) in [5, 5.41) is 3.99. The highest BCUT2D eigenvalue weighted by Crippen LogP contribution is 2.20. The van der Waals surface area contributed by atoms with Crippen LogP contribution in [0.25, 0.3) is 0 Å². The Morgan fingerprint density at radius 2 is 1.51 bits per heavy atom. The van der Waals surface area contributed by atoms with Crippen LogP contribution in [0.3, 0.4) is 0 Å². The summed E-state index contributed by atoms with van der Waals surface area (Å²) in [7, 11) is 1.55. The van der Waals surface area contributed by atoms with Crippen LogP contribution in [-0.2, 0) is 11.4 Å². The van der Waals surface area contributed by atoms with Crippen molar-refractivity contribution >= 4 is 18.1 Å². The van der Waals surface area contributed by atoms with Crippen molar-refractivity contribution in [2.24, 2.45) is 5.10 Å². The first kappa shape index (κ1) is 26.9. The molecular weight excluding hydrogens is 496 g/mol. The van der Waals surface area contributed by atoms with Gasteiger partial charge in [0.15, 0.2) is 6.10 Å². The lowest BCUT2D eigenvalue weighted by molar-refractivity contribution is -0.127. The van der Waals surface area contributed by atoms with Crippen LogP contribution in [0.4, 0.5) is 0 Å². The second kappa shape index (κ2) is 13.4. The molecule has 0 aromatic heterocycles. The number of esters is 1. The monoisotopic (exact) mass is 524 g/mol. The smallest absolute Gasteiger partial charge is 0.343 e. The van der Waals surface area contributed by atoms with Crippen LogP contribution >= 0.6 is 0 Å². The van der Waals surface area contributed by atoms with Crippen LogP contribution in [0.5, 0.6) is 23.0 Å². The molecule has 0 bridgehead atoms. The summed E-state index contributed by atoms with van der Waals surface area (Å²) in [6.45, 7) is 2.09. The zero-order chi connectivity index (χ0) is 27.5. The number of amides is 1. The van der Waals surface area contributed by atoms with Crippen molar-refractivity contribution in [2.75, 3.05) is 7.11 Å². The van der Waals surface area contributed by atoms with Crippen molar-refractivity contribution in [2.45, 2.75) is 19.6 Å². The molecule has 0 aliphatic rings. The standard InChI is InChI=1S/C31H28N2O6/c1-22(38-28-17-15-27(16-18-28)37-21-23-7-4-3-5-8-23)30(34)33-32-20-24-9-6-10-29(19-24)39-31(35)25-11-13-26(36-2)14-12-25/h3-20,22H,21H2,1-2H3,(H,33,34)/b32-20-/t22-/m0/s1. The molecule has 0 aliphatic heterocycles. The number of rotatable bonds is 11. The molecule has 0 saturated heterocycles. The molecule has 39 heavy (non-hydrogen) atoms. The fourth-order valence-corrected chi connectivity index (χ4v) is 3.43. The predicted molar refractivity (Wildman–Crippen MR) is 147 cm³/mol. The Balaban J connectivity index is 1.24. The van der Waals surface area contributed by atoms with Crippen molar-refractivity contribution in [1.82, 2.24) is 5.43 Å². The molecule has 0 radical (unpaired) electrons. The SMILES string of the molecule is COc1ccc(C(=O)Oc2cccc(/C=N\NC(=O)[C@H](C)Oc3ccc(OCc4ccccc4)cc3)c2)cc1. The molecule has 0 aliphatic carbocycles. The van der Waals surface area contributed by atoms with E-state index in [4.69, 9.17) is 18.9 Å². The molecule has 0 saturated carbocycles. The van der Waals surface area contributed by atoms with Crippen LogP contribution < -0.4 is 24.4 Å². The Bertz CT molecular complexity index is 1400. The molecule has 1 amide bonds. The third kappa shape index (κ3) is 8.19. The normalized spacial score (nSPS) is 11.4. The molecule has 1 atom stereocenters. The van der Waals surface area contributed by atoms with Crippen LogP contribution in [-0.4, -0.2) is 31.3 Å². The van der Waals surface area contributed by atoms with Gasteiger partial charge >= 0.3 is 5.97 Å². The van der Waals surface area contributed by atoms with Gasteiger partial charge in [-0.3, -0.25) is 4.79 Å². The summed E-state index contributed by atoms with van der Waals surface area (Å²) in [4.78, 5) is 24.8. The minimum absolute atomic E-state index is 0.346. The van der Waals surface area contributed by atoms with Crippen molar-refractivity contribution in [3.05, 3.63) is 120 Å². The Labute approximate surface area is 226 Å². The summed E-state index contributed by atoms with van der Waals surface area (Å²) in [5.74, 6) is 1.30. The lowest BCUT2D eigenvalue weighted by atomic mass is 10.2. The van der Waals surface area contributed by atoms with Gasteiger partial charge in [0.2, 0.25) is 0 Å². The van der Waals surface area contributed by atoms with E-state index in [1.54, 1.807) is 86.8 Å². The number of carbonyl (C=O) groups excluding carboxylic acids is 2. The topological polar surface area (TPSA) is 95.5 Å². The number of benzene rings is 4. The van der Waals surface area contributed by atoms with Crippen molar-refractivity contribution in [1.29, 1.82) is 0 Å². The Morgan fingerprint density at radius 1 is 0.821 bits per heavy atom. The van der Waals surface area contributed by atoms with E-state index in [-0.39, 0.29) is 0 Å². The largest absolute Gasteiger partial charge is 0.497 e. The number of hydrogen-bond donors (Lipinski definition) is 1. The second-order valence-corrected chi connectivity index (χ2v) is 8.43. The average molecular weight is 525 g/mol. The molecule has 0 unspecified atom stereocenters. The number of hydrazone groups is 1. The quantitative estimate of drug-likeness (QED) is 0.122. The summed E-state index contributed by atoms with van der Waals surface area (Å²) in [6.07, 6.45) is 0.670. The van der Waals surface area contributed by atoms with Crippen molar-refractivity contribution < 1.29 is 28.5 Å². The fourth-order valence-electron chi connectivity index (χ4n) is 3.43. The van der Waals surface area contributed by atoms with E-state index < -0.39 is 18.0 Å². The first-order chi connectivity index (χ1) is 19.0. The van der Waals surface area contributed by atoms with Crippen LogP contribution in [0.2, 0.25) is 0 Å². The van der Waals surface area contributed by atoms with Crippen LogP contribution in [0, 0.1) is 0 Å². The van der Waals surface area contributed by atoms with Gasteiger partial charge in [0.25, 0.3) is 5.91 Å². The summed E-state index contributed by atoms with van der Waals surface area (Å²) >= 11 is 0. The number of methoxy groups -OCH3 is 1. The highest BCUT2D eigenvalue weighted by Gasteiger charge is 2.14. The van der Waals surface area contributed by atoms with Gasteiger partial charge in [-0.1, -0.05) is 42.5 Å². The van der Waals surface area contributed by atoms with Gasteiger partial charge in [0.05, 0.1) is 18.9 Å². The maximum absolute atomic E-state index is 12.4. The zero-order valence-corrected chi connectivity index (χ0v) is 21.6. The molecule has 8 heteroatoms. The van der Waals surface area contributed by atoms with Gasteiger partial charge in [0, 0.05) is 0 Å². The molecular formula is C31H28N2O6. The molecule has 4 rings (SSSR count). The average Bonchev–Trinajstić information content (AvgIpc) is 2.97. The van der Waals surface area contributed by atoms with Crippen molar-refractivity contribution in [3.8, 4) is 23.0 Å². The highest BCUT2D eigenvalue weighted by atomic mass is 16.5. The van der Waals surface area contributed by atoms with Gasteiger partial charge in [-0.05, 0) is 78.7 Å². The molecule has 198 valence electrons. The van der Waals surface area contributed by atoms with E-state index in [1.807, 2.05) is 30.3 Å². The Morgan fingerprint density at radius 3 is 2.23 bits per heavy atom. The van der Waals surface area contributed by atoms with Gasteiger partial charge < -0.3 is 18.9 Å².